The molecule has 8 heteroatoms. The summed E-state index contributed by atoms with van der Waals surface area (Å²) in [6, 6.07) is 7.46. The van der Waals surface area contributed by atoms with Gasteiger partial charge in [-0.3, -0.25) is 9.59 Å². The molecule has 0 radical (unpaired) electrons. The predicted molar refractivity (Wildman–Crippen MR) is 91.7 cm³/mol. The van der Waals surface area contributed by atoms with Gasteiger partial charge in [0.1, 0.15) is 11.6 Å². The average Bonchev–Trinajstić information content (AvgIpc) is 3.29. The maximum absolute atomic E-state index is 13.6. The molecule has 0 heterocycles. The third-order valence-electron chi connectivity index (χ3n) is 3.78. The Balaban J connectivity index is 1.59. The number of nitrogens with one attached hydrogen (secondary N) is 2. The van der Waals surface area contributed by atoms with E-state index >= 15 is 0 Å². The van der Waals surface area contributed by atoms with Gasteiger partial charge in [0.15, 0.2) is 0 Å². The first-order valence-electron chi connectivity index (χ1n) is 7.36. The summed E-state index contributed by atoms with van der Waals surface area (Å²) < 4.78 is 26.4. The highest BCUT2D eigenvalue weighted by Gasteiger charge is 2.48. The lowest BCUT2D eigenvalue weighted by atomic mass is 10.2. The third-order valence-corrected chi connectivity index (χ3v) is 4.22. The zero-order valence-corrected chi connectivity index (χ0v) is 14.2. The van der Waals surface area contributed by atoms with Crippen LogP contribution in [-0.2, 0) is 9.59 Å². The summed E-state index contributed by atoms with van der Waals surface area (Å²) in [5.41, 5.74) is 0.303. The summed E-state index contributed by atoms with van der Waals surface area (Å²) in [6.45, 7) is 0. The van der Waals surface area contributed by atoms with E-state index in [9.17, 15) is 18.4 Å². The van der Waals surface area contributed by atoms with E-state index < -0.39 is 29.4 Å². The lowest BCUT2D eigenvalue weighted by molar-refractivity contribution is -0.122. The minimum absolute atomic E-state index is 0.126. The lowest BCUT2D eigenvalue weighted by Gasteiger charge is -2.07. The molecule has 0 aliphatic heterocycles. The quantitative estimate of drug-likeness (QED) is 0.815. The summed E-state index contributed by atoms with van der Waals surface area (Å²) >= 11 is 11.7. The Bertz CT molecular complexity index is 840. The molecule has 0 saturated heterocycles. The molecule has 0 aromatic heterocycles. The molecule has 1 aliphatic rings. The monoisotopic (exact) mass is 384 g/mol. The van der Waals surface area contributed by atoms with Gasteiger partial charge in [-0.15, -0.1) is 0 Å². The van der Waals surface area contributed by atoms with Crippen molar-refractivity contribution in [2.45, 2.75) is 6.42 Å². The Kier molecular flexibility index (Phi) is 4.92. The number of carbonyl (C=O) groups excluding carboxylic acids is 2. The summed E-state index contributed by atoms with van der Waals surface area (Å²) in [5, 5.41) is 5.75. The molecule has 1 saturated carbocycles. The Labute approximate surface area is 152 Å². The molecule has 4 nitrogen and oxygen atoms in total. The number of anilines is 2. The molecule has 0 spiro atoms. The number of amides is 2. The molecule has 130 valence electrons. The van der Waals surface area contributed by atoms with Crippen LogP contribution >= 0.6 is 23.2 Å². The van der Waals surface area contributed by atoms with Gasteiger partial charge in [0.2, 0.25) is 11.8 Å². The molecule has 2 atom stereocenters. The van der Waals surface area contributed by atoms with Gasteiger partial charge >= 0.3 is 0 Å². The van der Waals surface area contributed by atoms with Crippen LogP contribution in [0.1, 0.15) is 6.42 Å². The minimum Gasteiger partial charge on any atom is -0.326 e. The Morgan fingerprint density at radius 2 is 1.52 bits per heavy atom. The van der Waals surface area contributed by atoms with E-state index in [4.69, 9.17) is 23.2 Å². The molecule has 2 N–H and O–H groups in total. The van der Waals surface area contributed by atoms with Gasteiger partial charge in [0, 0.05) is 21.8 Å². The highest BCUT2D eigenvalue weighted by Crippen LogP contribution is 2.40. The van der Waals surface area contributed by atoms with E-state index in [1.54, 1.807) is 0 Å². The second kappa shape index (κ2) is 6.98. The topological polar surface area (TPSA) is 58.2 Å². The third kappa shape index (κ3) is 4.27. The van der Waals surface area contributed by atoms with E-state index in [0.717, 1.165) is 12.1 Å². The van der Waals surface area contributed by atoms with E-state index in [1.807, 2.05) is 0 Å². The second-order valence-corrected chi connectivity index (χ2v) is 6.58. The smallest absolute Gasteiger partial charge is 0.228 e. The SMILES string of the molecule is O=C(Nc1cc(Cl)cc(Cl)c1)C1CC1C(=O)Nc1ccc(F)cc1F. The summed E-state index contributed by atoms with van der Waals surface area (Å²) in [7, 11) is 0. The Morgan fingerprint density at radius 1 is 0.920 bits per heavy atom. The van der Waals surface area contributed by atoms with Crippen molar-refractivity contribution in [2.24, 2.45) is 11.8 Å². The number of benzene rings is 2. The number of rotatable bonds is 4. The molecule has 2 amide bonds. The molecule has 25 heavy (non-hydrogen) atoms. The van der Waals surface area contributed by atoms with Gasteiger partial charge in [-0.25, -0.2) is 8.78 Å². The molecule has 2 aromatic carbocycles. The van der Waals surface area contributed by atoms with Crippen LogP contribution in [0.25, 0.3) is 0 Å². The van der Waals surface area contributed by atoms with Crippen molar-refractivity contribution in [1.82, 2.24) is 0 Å². The Hall–Kier alpha value is -2.18. The minimum atomic E-state index is -0.872. The van der Waals surface area contributed by atoms with Crippen molar-refractivity contribution >= 4 is 46.4 Å². The molecular formula is C17H12Cl2F2N2O2. The number of hydrogen-bond acceptors (Lipinski definition) is 2. The number of halogens is 4. The highest BCUT2D eigenvalue weighted by atomic mass is 35.5. The average molecular weight is 385 g/mol. The fourth-order valence-corrected chi connectivity index (χ4v) is 2.98. The molecule has 2 aromatic rings. The molecule has 1 aliphatic carbocycles. The summed E-state index contributed by atoms with van der Waals surface area (Å²) in [5.74, 6) is -3.55. The van der Waals surface area contributed by atoms with E-state index in [-0.39, 0.29) is 11.6 Å². The zero-order valence-electron chi connectivity index (χ0n) is 12.7. The van der Waals surface area contributed by atoms with Crippen LogP contribution in [0, 0.1) is 23.5 Å². The summed E-state index contributed by atoms with van der Waals surface area (Å²) in [4.78, 5) is 24.3. The molecule has 2 unspecified atom stereocenters. The van der Waals surface area contributed by atoms with Crippen LogP contribution in [0.15, 0.2) is 36.4 Å². The fourth-order valence-electron chi connectivity index (χ4n) is 2.45. The maximum atomic E-state index is 13.6. The fraction of sp³-hybridized carbons (Fsp3) is 0.176. The summed E-state index contributed by atoms with van der Waals surface area (Å²) in [6.07, 6.45) is 0.342. The van der Waals surface area contributed by atoms with Crippen LogP contribution < -0.4 is 10.6 Å². The highest BCUT2D eigenvalue weighted by molar-refractivity contribution is 6.35. The van der Waals surface area contributed by atoms with Crippen molar-refractivity contribution < 1.29 is 18.4 Å². The van der Waals surface area contributed by atoms with Gasteiger partial charge < -0.3 is 10.6 Å². The van der Waals surface area contributed by atoms with Crippen molar-refractivity contribution in [1.29, 1.82) is 0 Å². The molecule has 3 rings (SSSR count). The van der Waals surface area contributed by atoms with Gasteiger partial charge in [-0.05, 0) is 36.8 Å². The van der Waals surface area contributed by atoms with Gasteiger partial charge in [0.05, 0.1) is 17.5 Å². The molecular weight excluding hydrogens is 373 g/mol. The standard InChI is InChI=1S/C17H12Cl2F2N2O2/c18-8-3-9(19)5-11(4-8)22-16(24)12-7-13(12)17(25)23-15-2-1-10(20)6-14(15)21/h1-6,12-13H,7H2,(H,22,24)(H,23,25). The van der Waals surface area contributed by atoms with E-state index in [0.29, 0.717) is 28.2 Å². The van der Waals surface area contributed by atoms with Crippen molar-refractivity contribution in [3.63, 3.8) is 0 Å². The van der Waals surface area contributed by atoms with E-state index in [2.05, 4.69) is 10.6 Å². The van der Waals surface area contributed by atoms with Gasteiger partial charge in [-0.2, -0.15) is 0 Å². The zero-order chi connectivity index (χ0) is 18.1. The molecule has 0 bridgehead atoms. The largest absolute Gasteiger partial charge is 0.326 e. The van der Waals surface area contributed by atoms with Crippen LogP contribution in [0.5, 0.6) is 0 Å². The van der Waals surface area contributed by atoms with Gasteiger partial charge in [0.25, 0.3) is 0 Å². The van der Waals surface area contributed by atoms with E-state index in [1.165, 1.54) is 18.2 Å². The van der Waals surface area contributed by atoms with Crippen molar-refractivity contribution in [3.8, 4) is 0 Å². The van der Waals surface area contributed by atoms with Gasteiger partial charge in [-0.1, -0.05) is 23.2 Å². The number of hydrogen-bond donors (Lipinski definition) is 2. The Morgan fingerprint density at radius 3 is 2.12 bits per heavy atom. The van der Waals surface area contributed by atoms with Crippen LogP contribution in [0.3, 0.4) is 0 Å². The first kappa shape index (κ1) is 17.6. The predicted octanol–water partition coefficient (Wildman–Crippen LogP) is 4.48. The van der Waals surface area contributed by atoms with Crippen molar-refractivity contribution in [2.75, 3.05) is 10.6 Å². The first-order valence-corrected chi connectivity index (χ1v) is 8.12. The maximum Gasteiger partial charge on any atom is 0.228 e. The van der Waals surface area contributed by atoms with Crippen LogP contribution in [0.4, 0.5) is 20.2 Å². The van der Waals surface area contributed by atoms with Crippen LogP contribution in [0.2, 0.25) is 10.0 Å². The lowest BCUT2D eigenvalue weighted by Crippen LogP contribution is -2.21. The molecule has 1 fully saturated rings. The van der Waals surface area contributed by atoms with Crippen LogP contribution in [-0.4, -0.2) is 11.8 Å². The van der Waals surface area contributed by atoms with Crippen molar-refractivity contribution in [3.05, 3.63) is 58.1 Å². The first-order chi connectivity index (χ1) is 11.8. The second-order valence-electron chi connectivity index (χ2n) is 5.71. The normalized spacial score (nSPS) is 18.6. The number of carbonyl (C=O) groups is 2.